The Morgan fingerprint density at radius 3 is 2.55 bits per heavy atom. The fourth-order valence-corrected chi connectivity index (χ4v) is 2.79. The molecule has 0 bridgehead atoms. The van der Waals surface area contributed by atoms with Gasteiger partial charge in [-0.15, -0.1) is 11.3 Å². The predicted octanol–water partition coefficient (Wildman–Crippen LogP) is 2.13. The molecule has 0 aromatic carbocycles. The standard InChI is InChI=1S/C14H18N2O3S/c1-13(2,3)9(17)8-16-11(18)14(4,15-12(16)19)10-6-5-7-20-10/h5-7H,8H2,1-4H3,(H,15,19)/t14-/m1/s1. The number of hydrogen-bond donors (Lipinski definition) is 1. The second-order valence-electron chi connectivity index (χ2n) is 6.10. The molecule has 2 heterocycles. The van der Waals surface area contributed by atoms with E-state index in [-0.39, 0.29) is 18.2 Å². The van der Waals surface area contributed by atoms with Crippen LogP contribution in [0.5, 0.6) is 0 Å². The molecule has 108 valence electrons. The van der Waals surface area contributed by atoms with Crippen molar-refractivity contribution in [1.82, 2.24) is 10.2 Å². The summed E-state index contributed by atoms with van der Waals surface area (Å²) in [5.74, 6) is -0.515. The number of carbonyl (C=O) groups is 3. The van der Waals surface area contributed by atoms with Gasteiger partial charge >= 0.3 is 6.03 Å². The summed E-state index contributed by atoms with van der Waals surface area (Å²) in [7, 11) is 0. The van der Waals surface area contributed by atoms with Crippen LogP contribution in [0, 0.1) is 5.41 Å². The molecule has 3 amide bonds. The van der Waals surface area contributed by atoms with Crippen LogP contribution in [-0.2, 0) is 15.1 Å². The summed E-state index contributed by atoms with van der Waals surface area (Å²) < 4.78 is 0. The number of carbonyl (C=O) groups excluding carboxylic acids is 3. The molecule has 1 aromatic rings. The highest BCUT2D eigenvalue weighted by Gasteiger charge is 2.50. The van der Waals surface area contributed by atoms with Gasteiger partial charge in [0.05, 0.1) is 6.54 Å². The van der Waals surface area contributed by atoms with E-state index < -0.39 is 17.0 Å². The minimum Gasteiger partial charge on any atom is -0.319 e. The Bertz CT molecular complexity index is 559. The van der Waals surface area contributed by atoms with E-state index in [4.69, 9.17) is 0 Å². The normalized spacial score (nSPS) is 23.1. The highest BCUT2D eigenvalue weighted by atomic mass is 32.1. The van der Waals surface area contributed by atoms with Crippen LogP contribution in [0.2, 0.25) is 0 Å². The van der Waals surface area contributed by atoms with Crippen molar-refractivity contribution in [2.75, 3.05) is 6.54 Å². The van der Waals surface area contributed by atoms with E-state index in [0.29, 0.717) is 0 Å². The van der Waals surface area contributed by atoms with E-state index in [1.165, 1.54) is 11.3 Å². The van der Waals surface area contributed by atoms with Gasteiger partial charge in [0.2, 0.25) is 0 Å². The highest BCUT2D eigenvalue weighted by molar-refractivity contribution is 7.10. The summed E-state index contributed by atoms with van der Waals surface area (Å²) in [6, 6.07) is 3.12. The molecule has 1 atom stereocenters. The smallest absolute Gasteiger partial charge is 0.319 e. The number of urea groups is 1. The summed E-state index contributed by atoms with van der Waals surface area (Å²) in [5, 5.41) is 4.54. The Morgan fingerprint density at radius 2 is 2.05 bits per heavy atom. The first-order valence-corrected chi connectivity index (χ1v) is 7.25. The zero-order valence-electron chi connectivity index (χ0n) is 12.0. The van der Waals surface area contributed by atoms with Crippen LogP contribution >= 0.6 is 11.3 Å². The molecule has 1 N–H and O–H groups in total. The first kappa shape index (κ1) is 14.7. The summed E-state index contributed by atoms with van der Waals surface area (Å²) in [6.45, 7) is 6.79. The second kappa shape index (κ2) is 4.70. The quantitative estimate of drug-likeness (QED) is 0.868. The van der Waals surface area contributed by atoms with Crippen molar-refractivity contribution < 1.29 is 14.4 Å². The molecule has 6 heteroatoms. The molecular formula is C14H18N2O3S. The molecule has 1 fully saturated rings. The largest absolute Gasteiger partial charge is 0.325 e. The Labute approximate surface area is 122 Å². The lowest BCUT2D eigenvalue weighted by Gasteiger charge is -2.22. The van der Waals surface area contributed by atoms with Crippen molar-refractivity contribution in [1.29, 1.82) is 0 Å². The van der Waals surface area contributed by atoms with Gasteiger partial charge in [-0.25, -0.2) is 4.79 Å². The predicted molar refractivity (Wildman–Crippen MR) is 76.4 cm³/mol. The number of hydrogen-bond acceptors (Lipinski definition) is 4. The number of nitrogens with one attached hydrogen (secondary N) is 1. The van der Waals surface area contributed by atoms with E-state index in [1.807, 2.05) is 11.4 Å². The van der Waals surface area contributed by atoms with E-state index in [9.17, 15) is 14.4 Å². The summed E-state index contributed by atoms with van der Waals surface area (Å²) in [6.07, 6.45) is 0. The molecule has 5 nitrogen and oxygen atoms in total. The maximum Gasteiger partial charge on any atom is 0.325 e. The molecule has 0 unspecified atom stereocenters. The fourth-order valence-electron chi connectivity index (χ4n) is 1.95. The molecule has 1 aromatic heterocycles. The summed E-state index contributed by atoms with van der Waals surface area (Å²) in [5.41, 5.74) is -1.65. The van der Waals surface area contributed by atoms with Crippen LogP contribution in [-0.4, -0.2) is 29.2 Å². The van der Waals surface area contributed by atoms with Gasteiger partial charge in [-0.3, -0.25) is 14.5 Å². The number of nitrogens with zero attached hydrogens (tertiary/aromatic N) is 1. The van der Waals surface area contributed by atoms with Gasteiger partial charge in [0.25, 0.3) is 5.91 Å². The molecule has 2 rings (SSSR count). The van der Waals surface area contributed by atoms with Crippen molar-refractivity contribution in [2.45, 2.75) is 33.2 Å². The molecule has 0 radical (unpaired) electrons. The summed E-state index contributed by atoms with van der Waals surface area (Å²) in [4.78, 5) is 38.3. The maximum atomic E-state index is 12.5. The van der Waals surface area contributed by atoms with Gasteiger partial charge in [0, 0.05) is 10.3 Å². The zero-order valence-corrected chi connectivity index (χ0v) is 12.8. The van der Waals surface area contributed by atoms with Gasteiger partial charge < -0.3 is 5.32 Å². The van der Waals surface area contributed by atoms with E-state index in [2.05, 4.69) is 5.32 Å². The van der Waals surface area contributed by atoms with Crippen LogP contribution in [0.3, 0.4) is 0 Å². The first-order valence-electron chi connectivity index (χ1n) is 6.37. The van der Waals surface area contributed by atoms with Crippen LogP contribution in [0.4, 0.5) is 4.79 Å². The topological polar surface area (TPSA) is 66.5 Å². The van der Waals surface area contributed by atoms with E-state index >= 15 is 0 Å². The average molecular weight is 294 g/mol. The van der Waals surface area contributed by atoms with Crippen molar-refractivity contribution in [3.8, 4) is 0 Å². The number of Topliss-reactive ketones (excluding diaryl/α,β-unsaturated/α-hetero) is 1. The fraction of sp³-hybridized carbons (Fsp3) is 0.500. The third-order valence-corrected chi connectivity index (χ3v) is 4.52. The molecule has 1 aliphatic heterocycles. The van der Waals surface area contributed by atoms with Crippen molar-refractivity contribution in [3.05, 3.63) is 22.4 Å². The molecule has 0 aliphatic carbocycles. The van der Waals surface area contributed by atoms with E-state index in [1.54, 1.807) is 33.8 Å². The second-order valence-corrected chi connectivity index (χ2v) is 7.04. The minimum absolute atomic E-state index is 0.142. The lowest BCUT2D eigenvalue weighted by molar-refractivity contribution is -0.136. The third kappa shape index (κ3) is 2.35. The monoisotopic (exact) mass is 294 g/mol. The van der Waals surface area contributed by atoms with Crippen molar-refractivity contribution in [2.24, 2.45) is 5.41 Å². The van der Waals surface area contributed by atoms with Crippen LogP contribution in [0.1, 0.15) is 32.6 Å². The van der Waals surface area contributed by atoms with Gasteiger partial charge in [-0.1, -0.05) is 26.8 Å². The zero-order chi connectivity index (χ0) is 15.1. The Morgan fingerprint density at radius 1 is 1.40 bits per heavy atom. The summed E-state index contributed by atoms with van der Waals surface area (Å²) >= 11 is 1.40. The first-order chi connectivity index (χ1) is 9.16. The third-order valence-electron chi connectivity index (χ3n) is 3.43. The van der Waals surface area contributed by atoms with Crippen LogP contribution in [0.25, 0.3) is 0 Å². The lowest BCUT2D eigenvalue weighted by Crippen LogP contribution is -2.42. The van der Waals surface area contributed by atoms with Gasteiger partial charge in [0.15, 0.2) is 11.3 Å². The van der Waals surface area contributed by atoms with Gasteiger partial charge in [0.1, 0.15) is 0 Å². The number of thiophene rings is 1. The molecule has 0 saturated carbocycles. The SMILES string of the molecule is CC(C)(C)C(=O)CN1C(=O)N[C@](C)(c2cccs2)C1=O. The number of amides is 3. The van der Waals surface area contributed by atoms with Crippen LogP contribution in [0.15, 0.2) is 17.5 Å². The number of rotatable bonds is 3. The van der Waals surface area contributed by atoms with Crippen molar-refractivity contribution in [3.63, 3.8) is 0 Å². The average Bonchev–Trinajstić information content (AvgIpc) is 2.92. The maximum absolute atomic E-state index is 12.5. The van der Waals surface area contributed by atoms with Crippen LogP contribution < -0.4 is 5.32 Å². The lowest BCUT2D eigenvalue weighted by atomic mass is 9.90. The number of imide groups is 1. The number of ketones is 1. The minimum atomic E-state index is -1.07. The van der Waals surface area contributed by atoms with Gasteiger partial charge in [-0.2, -0.15) is 0 Å². The Kier molecular flexibility index (Phi) is 3.46. The molecule has 20 heavy (non-hydrogen) atoms. The Balaban J connectivity index is 2.24. The molecule has 0 spiro atoms. The molecule has 1 saturated heterocycles. The Hall–Kier alpha value is -1.69. The molecule has 1 aliphatic rings. The highest BCUT2D eigenvalue weighted by Crippen LogP contribution is 2.32. The van der Waals surface area contributed by atoms with E-state index in [0.717, 1.165) is 9.78 Å². The molecular weight excluding hydrogens is 276 g/mol. The van der Waals surface area contributed by atoms with Gasteiger partial charge in [-0.05, 0) is 18.4 Å². The van der Waals surface area contributed by atoms with Crippen molar-refractivity contribution >= 4 is 29.1 Å².